The average molecular weight is 362 g/mol. The van der Waals surface area contributed by atoms with E-state index in [1.165, 1.54) is 6.92 Å². The third-order valence-corrected chi connectivity index (χ3v) is 4.64. The van der Waals surface area contributed by atoms with E-state index in [-0.39, 0.29) is 5.78 Å². The Morgan fingerprint density at radius 3 is 2.81 bits per heavy atom. The number of primary amides is 1. The van der Waals surface area contributed by atoms with Gasteiger partial charge in [-0.1, -0.05) is 12.1 Å². The van der Waals surface area contributed by atoms with E-state index in [0.29, 0.717) is 30.0 Å². The van der Waals surface area contributed by atoms with Crippen LogP contribution in [-0.2, 0) is 19.9 Å². The van der Waals surface area contributed by atoms with Crippen molar-refractivity contribution in [3.63, 3.8) is 0 Å². The summed E-state index contributed by atoms with van der Waals surface area (Å²) < 4.78 is 1.64. The van der Waals surface area contributed by atoms with Crippen molar-refractivity contribution in [1.82, 2.24) is 19.7 Å². The van der Waals surface area contributed by atoms with Crippen molar-refractivity contribution in [3.05, 3.63) is 52.8 Å². The zero-order valence-corrected chi connectivity index (χ0v) is 15.0. The van der Waals surface area contributed by atoms with Crippen molar-refractivity contribution in [2.45, 2.75) is 19.8 Å². The predicted octanol–water partition coefficient (Wildman–Crippen LogP) is 2.02. The largest absolute Gasteiger partial charge is 0.364 e. The molecule has 0 bridgehead atoms. The van der Waals surface area contributed by atoms with Crippen LogP contribution in [0.15, 0.2) is 30.5 Å². The second-order valence-corrected chi connectivity index (χ2v) is 6.49. The summed E-state index contributed by atoms with van der Waals surface area (Å²) in [4.78, 5) is 32.2. The summed E-state index contributed by atoms with van der Waals surface area (Å²) in [6, 6.07) is 7.16. The van der Waals surface area contributed by atoms with Gasteiger partial charge in [-0.05, 0) is 37.5 Å². The quantitative estimate of drug-likeness (QED) is 0.686. The van der Waals surface area contributed by atoms with Gasteiger partial charge in [-0.25, -0.2) is 9.97 Å². The van der Waals surface area contributed by atoms with Gasteiger partial charge in [0.1, 0.15) is 0 Å². The SMILES string of the molecule is CC(=O)c1cccc(Nc2ncc3c(n2)-c2c(c(C(N)=O)nn2C)CC3)c1. The van der Waals surface area contributed by atoms with Crippen molar-refractivity contribution in [3.8, 4) is 11.4 Å². The fraction of sp³-hybridized carbons (Fsp3) is 0.211. The van der Waals surface area contributed by atoms with Gasteiger partial charge in [-0.3, -0.25) is 14.3 Å². The minimum Gasteiger partial charge on any atom is -0.364 e. The van der Waals surface area contributed by atoms with Gasteiger partial charge in [0.2, 0.25) is 5.95 Å². The Balaban J connectivity index is 1.74. The lowest BCUT2D eigenvalue weighted by molar-refractivity contribution is 0.0991. The Morgan fingerprint density at radius 1 is 1.26 bits per heavy atom. The lowest BCUT2D eigenvalue weighted by Crippen LogP contribution is -2.16. The monoisotopic (exact) mass is 362 g/mol. The molecule has 0 radical (unpaired) electrons. The van der Waals surface area contributed by atoms with Crippen LogP contribution in [0.2, 0.25) is 0 Å². The number of carbonyl (C=O) groups excluding carboxylic acids is 2. The fourth-order valence-corrected chi connectivity index (χ4v) is 3.36. The number of aromatic nitrogens is 4. The Kier molecular flexibility index (Phi) is 3.95. The van der Waals surface area contributed by atoms with Gasteiger partial charge in [0.15, 0.2) is 11.5 Å². The van der Waals surface area contributed by atoms with Crippen LogP contribution in [0.1, 0.15) is 38.9 Å². The number of fused-ring (bicyclic) bond motifs is 3. The van der Waals surface area contributed by atoms with E-state index >= 15 is 0 Å². The number of nitrogens with one attached hydrogen (secondary N) is 1. The molecule has 4 rings (SSSR count). The third kappa shape index (κ3) is 2.95. The van der Waals surface area contributed by atoms with E-state index in [2.05, 4.69) is 20.4 Å². The number of aryl methyl sites for hydroxylation is 2. The molecule has 1 amide bonds. The third-order valence-electron chi connectivity index (χ3n) is 4.64. The molecular weight excluding hydrogens is 344 g/mol. The maximum atomic E-state index is 11.7. The highest BCUT2D eigenvalue weighted by Gasteiger charge is 2.27. The first-order chi connectivity index (χ1) is 12.9. The number of nitrogens with zero attached hydrogens (tertiary/aromatic N) is 4. The van der Waals surface area contributed by atoms with Gasteiger partial charge in [-0.15, -0.1) is 0 Å². The van der Waals surface area contributed by atoms with Crippen molar-refractivity contribution in [1.29, 1.82) is 0 Å². The molecule has 0 saturated carbocycles. The van der Waals surface area contributed by atoms with E-state index in [1.807, 2.05) is 6.07 Å². The molecular formula is C19H18N6O2. The normalized spacial score (nSPS) is 12.2. The van der Waals surface area contributed by atoms with Gasteiger partial charge >= 0.3 is 0 Å². The molecule has 3 N–H and O–H groups in total. The maximum absolute atomic E-state index is 11.7. The molecule has 3 aromatic rings. The average Bonchev–Trinajstić information content (AvgIpc) is 2.99. The first kappa shape index (κ1) is 16.9. The van der Waals surface area contributed by atoms with E-state index < -0.39 is 5.91 Å². The first-order valence-electron chi connectivity index (χ1n) is 8.54. The number of amides is 1. The highest BCUT2D eigenvalue weighted by molar-refractivity contribution is 5.95. The Labute approximate surface area is 155 Å². The van der Waals surface area contributed by atoms with Crippen molar-refractivity contribution < 1.29 is 9.59 Å². The van der Waals surface area contributed by atoms with E-state index in [1.54, 1.807) is 36.1 Å². The fourth-order valence-electron chi connectivity index (χ4n) is 3.36. The molecule has 8 nitrogen and oxygen atoms in total. The Bertz CT molecular complexity index is 1090. The number of anilines is 2. The van der Waals surface area contributed by atoms with Crippen LogP contribution >= 0.6 is 0 Å². The zero-order valence-electron chi connectivity index (χ0n) is 15.0. The molecule has 0 fully saturated rings. The van der Waals surface area contributed by atoms with Gasteiger partial charge in [0.25, 0.3) is 5.91 Å². The summed E-state index contributed by atoms with van der Waals surface area (Å²) in [7, 11) is 1.77. The lowest BCUT2D eigenvalue weighted by atomic mass is 9.93. The van der Waals surface area contributed by atoms with Gasteiger partial charge in [0, 0.05) is 30.1 Å². The van der Waals surface area contributed by atoms with Gasteiger partial charge in [-0.2, -0.15) is 5.10 Å². The number of benzene rings is 1. The Hall–Kier alpha value is -3.55. The molecule has 0 saturated heterocycles. The minimum atomic E-state index is -0.538. The standard InChI is InChI=1S/C19H18N6O2/c1-10(26)11-4-3-5-13(8-11)22-19-21-9-12-6-7-14-16(18(20)27)24-25(2)17(14)15(12)23-19/h3-5,8-9H,6-7H2,1-2H3,(H2,20,27)(H,21,22,23). The molecule has 2 aromatic heterocycles. The summed E-state index contributed by atoms with van der Waals surface area (Å²) in [6.07, 6.45) is 3.17. The molecule has 2 heterocycles. The summed E-state index contributed by atoms with van der Waals surface area (Å²) in [5, 5.41) is 7.39. The maximum Gasteiger partial charge on any atom is 0.269 e. The molecule has 1 aliphatic rings. The summed E-state index contributed by atoms with van der Waals surface area (Å²) in [6.45, 7) is 1.52. The summed E-state index contributed by atoms with van der Waals surface area (Å²) in [5.41, 5.74) is 10.4. The van der Waals surface area contributed by atoms with Crippen LogP contribution in [0.4, 0.5) is 11.6 Å². The van der Waals surface area contributed by atoms with Crippen LogP contribution < -0.4 is 11.1 Å². The molecule has 0 aliphatic heterocycles. The number of hydrogen-bond acceptors (Lipinski definition) is 6. The summed E-state index contributed by atoms with van der Waals surface area (Å²) >= 11 is 0. The molecule has 1 aromatic carbocycles. The zero-order chi connectivity index (χ0) is 19.1. The number of hydrogen-bond donors (Lipinski definition) is 2. The molecule has 0 spiro atoms. The lowest BCUT2D eigenvalue weighted by Gasteiger charge is -2.17. The second kappa shape index (κ2) is 6.31. The molecule has 8 heteroatoms. The van der Waals surface area contributed by atoms with Crippen molar-refractivity contribution in [2.75, 3.05) is 5.32 Å². The van der Waals surface area contributed by atoms with Crippen LogP contribution in [0.25, 0.3) is 11.4 Å². The smallest absolute Gasteiger partial charge is 0.269 e. The van der Waals surface area contributed by atoms with Gasteiger partial charge in [0.05, 0.1) is 11.4 Å². The number of Topliss-reactive ketones (excluding diaryl/α,β-unsaturated/α-hetero) is 1. The van der Waals surface area contributed by atoms with Crippen LogP contribution in [0.5, 0.6) is 0 Å². The minimum absolute atomic E-state index is 0.0106. The number of carbonyl (C=O) groups is 2. The van der Waals surface area contributed by atoms with Crippen LogP contribution in [-0.4, -0.2) is 31.4 Å². The second-order valence-electron chi connectivity index (χ2n) is 6.49. The van der Waals surface area contributed by atoms with Crippen LogP contribution in [0, 0.1) is 0 Å². The van der Waals surface area contributed by atoms with Crippen LogP contribution in [0.3, 0.4) is 0 Å². The number of nitrogens with two attached hydrogens (primary N) is 1. The topological polar surface area (TPSA) is 116 Å². The van der Waals surface area contributed by atoms with Gasteiger partial charge < -0.3 is 11.1 Å². The molecule has 27 heavy (non-hydrogen) atoms. The van der Waals surface area contributed by atoms with Crippen molar-refractivity contribution in [2.24, 2.45) is 12.8 Å². The van der Waals surface area contributed by atoms with Crippen molar-refractivity contribution >= 4 is 23.3 Å². The highest BCUT2D eigenvalue weighted by atomic mass is 16.1. The number of rotatable bonds is 4. The first-order valence-corrected chi connectivity index (χ1v) is 8.54. The van der Waals surface area contributed by atoms with E-state index in [0.717, 1.165) is 28.2 Å². The number of ketones is 1. The molecule has 1 aliphatic carbocycles. The molecule has 0 atom stereocenters. The Morgan fingerprint density at radius 2 is 2.07 bits per heavy atom. The molecule has 136 valence electrons. The van der Waals surface area contributed by atoms with E-state index in [9.17, 15) is 9.59 Å². The summed E-state index contributed by atoms with van der Waals surface area (Å²) in [5.74, 6) is -0.142. The highest BCUT2D eigenvalue weighted by Crippen LogP contribution is 2.34. The van der Waals surface area contributed by atoms with E-state index in [4.69, 9.17) is 5.73 Å². The predicted molar refractivity (Wildman–Crippen MR) is 99.9 cm³/mol. The molecule has 0 unspecified atom stereocenters.